The number of hydrogen-bond acceptors (Lipinski definition) is 6. The van der Waals surface area contributed by atoms with Gasteiger partial charge in [-0.15, -0.1) is 0 Å². The molecule has 196 valence electrons. The van der Waals surface area contributed by atoms with Crippen molar-refractivity contribution >= 4 is 101 Å². The summed E-state index contributed by atoms with van der Waals surface area (Å²) in [6, 6.07) is 14.3. The molecule has 1 aliphatic rings. The fourth-order valence-electron chi connectivity index (χ4n) is 3.57. The van der Waals surface area contributed by atoms with Crippen LogP contribution >= 0.6 is 67.4 Å². The number of benzene rings is 3. The summed E-state index contributed by atoms with van der Waals surface area (Å²) < 4.78 is 13.1. The van der Waals surface area contributed by atoms with Gasteiger partial charge in [0.25, 0.3) is 11.8 Å². The van der Waals surface area contributed by atoms with Crippen molar-refractivity contribution in [3.8, 4) is 11.5 Å². The molecule has 0 spiro atoms. The smallest absolute Gasteiger partial charge is 0.270 e. The minimum atomic E-state index is -0.309. The van der Waals surface area contributed by atoms with E-state index in [1.54, 1.807) is 42.5 Å². The van der Waals surface area contributed by atoms with Crippen molar-refractivity contribution in [1.29, 1.82) is 0 Å². The highest BCUT2D eigenvalue weighted by molar-refractivity contribution is 9.11. The Bertz CT molecular complexity index is 1500. The summed E-state index contributed by atoms with van der Waals surface area (Å²) in [7, 11) is 1.51. The molecule has 6 nitrogen and oxygen atoms in total. The lowest BCUT2D eigenvalue weighted by Crippen LogP contribution is -2.27. The summed E-state index contributed by atoms with van der Waals surface area (Å²) in [6.45, 7) is 3.78. The molecule has 0 bridgehead atoms. The summed E-state index contributed by atoms with van der Waals surface area (Å²) in [5.41, 5.74) is 4.17. The summed E-state index contributed by atoms with van der Waals surface area (Å²) in [5.74, 6) is 0.272. The van der Waals surface area contributed by atoms with Gasteiger partial charge in [0, 0.05) is 8.95 Å². The van der Waals surface area contributed by atoms with Crippen LogP contribution < -0.4 is 19.7 Å². The van der Waals surface area contributed by atoms with Crippen LogP contribution in [0.2, 0.25) is 5.02 Å². The molecule has 0 unspecified atom stereocenters. The lowest BCUT2D eigenvalue weighted by molar-refractivity contribution is -0.118. The number of ether oxygens (including phenoxy) is 2. The van der Waals surface area contributed by atoms with Crippen molar-refractivity contribution in [2.45, 2.75) is 13.8 Å². The first-order chi connectivity index (χ1) is 18.1. The predicted molar refractivity (Wildman–Crippen MR) is 166 cm³/mol. The van der Waals surface area contributed by atoms with Crippen LogP contribution in [0.5, 0.6) is 11.5 Å². The van der Waals surface area contributed by atoms with Crippen LogP contribution in [0.25, 0.3) is 6.08 Å². The van der Waals surface area contributed by atoms with E-state index in [1.807, 2.05) is 26.0 Å². The third-order valence-electron chi connectivity index (χ3n) is 5.66. The van der Waals surface area contributed by atoms with Gasteiger partial charge in [-0.2, -0.15) is 0 Å². The summed E-state index contributed by atoms with van der Waals surface area (Å²) >= 11 is 19.7. The Hall–Kier alpha value is -2.37. The molecular weight excluding hydrogens is 676 g/mol. The van der Waals surface area contributed by atoms with E-state index in [0.717, 1.165) is 20.1 Å². The second kappa shape index (κ2) is 12.2. The normalized spacial score (nSPS) is 14.3. The maximum atomic E-state index is 13.1. The highest BCUT2D eigenvalue weighted by Gasteiger charge is 2.33. The molecule has 0 atom stereocenters. The van der Waals surface area contributed by atoms with Crippen molar-refractivity contribution in [3.05, 3.63) is 84.1 Å². The number of thiocarbonyl (C=S) groups is 1. The van der Waals surface area contributed by atoms with Gasteiger partial charge in [-0.05, 0) is 111 Å². The van der Waals surface area contributed by atoms with E-state index in [1.165, 1.54) is 23.8 Å². The Morgan fingerprint density at radius 3 is 2.53 bits per heavy atom. The standard InChI is InChI=1S/C27H21Br2ClN2O4S2/c1-14-8-19(29)21(9-15(14)2)31-25(33)13-36-22-7-4-16(10-23(22)35-3)11-24-26(34)32(27(37)38-24)17-5-6-18(28)20(30)12-17/h4-12H,13H2,1-3H3,(H,31,33)/b24-11-. The molecule has 0 aromatic heterocycles. The summed E-state index contributed by atoms with van der Waals surface area (Å²) in [4.78, 5) is 27.5. The fourth-order valence-corrected chi connectivity index (χ4v) is 5.84. The molecule has 3 aromatic rings. The number of anilines is 2. The molecule has 0 aliphatic carbocycles. The average Bonchev–Trinajstić information content (AvgIpc) is 3.15. The van der Waals surface area contributed by atoms with E-state index < -0.39 is 0 Å². The van der Waals surface area contributed by atoms with E-state index >= 15 is 0 Å². The molecule has 11 heteroatoms. The molecule has 0 saturated carbocycles. The molecule has 1 heterocycles. The third kappa shape index (κ3) is 6.43. The van der Waals surface area contributed by atoms with Crippen LogP contribution in [0, 0.1) is 13.8 Å². The highest BCUT2D eigenvalue weighted by Crippen LogP contribution is 2.39. The van der Waals surface area contributed by atoms with Crippen LogP contribution in [-0.2, 0) is 9.59 Å². The number of nitrogens with one attached hydrogen (secondary N) is 1. The van der Waals surface area contributed by atoms with Crippen molar-refractivity contribution in [3.63, 3.8) is 0 Å². The first kappa shape index (κ1) is 28.6. The zero-order chi connectivity index (χ0) is 27.6. The number of amides is 2. The fraction of sp³-hybridized carbons (Fsp3) is 0.148. The van der Waals surface area contributed by atoms with E-state index in [4.69, 9.17) is 33.3 Å². The topological polar surface area (TPSA) is 67.9 Å². The number of aryl methyl sites for hydroxylation is 2. The molecule has 0 radical (unpaired) electrons. The van der Waals surface area contributed by atoms with Gasteiger partial charge in [0.1, 0.15) is 0 Å². The first-order valence-electron chi connectivity index (χ1n) is 11.2. The molecule has 1 N–H and O–H groups in total. The number of carbonyl (C=O) groups excluding carboxylic acids is 2. The minimum absolute atomic E-state index is 0.205. The number of rotatable bonds is 7. The maximum Gasteiger partial charge on any atom is 0.270 e. The monoisotopic (exact) mass is 694 g/mol. The van der Waals surface area contributed by atoms with Gasteiger partial charge < -0.3 is 14.8 Å². The Morgan fingerprint density at radius 1 is 1.08 bits per heavy atom. The number of thioether (sulfide) groups is 1. The molecule has 1 aliphatic heterocycles. The number of halogens is 3. The predicted octanol–water partition coefficient (Wildman–Crippen LogP) is 7.91. The Labute approximate surface area is 252 Å². The van der Waals surface area contributed by atoms with E-state index in [0.29, 0.717) is 42.7 Å². The Kier molecular flexibility index (Phi) is 9.20. The molecule has 2 amide bonds. The first-order valence-corrected chi connectivity index (χ1v) is 14.4. The van der Waals surface area contributed by atoms with E-state index in [9.17, 15) is 9.59 Å². The summed E-state index contributed by atoms with van der Waals surface area (Å²) in [5, 5.41) is 3.33. The quantitative estimate of drug-likeness (QED) is 0.200. The number of hydrogen-bond donors (Lipinski definition) is 1. The van der Waals surface area contributed by atoms with Crippen LogP contribution in [-0.4, -0.2) is 29.9 Å². The largest absolute Gasteiger partial charge is 0.493 e. The number of methoxy groups -OCH3 is 1. The van der Waals surface area contributed by atoms with Gasteiger partial charge in [-0.3, -0.25) is 14.5 Å². The lowest BCUT2D eigenvalue weighted by atomic mass is 10.1. The second-order valence-corrected chi connectivity index (χ2v) is 12.1. The van der Waals surface area contributed by atoms with Crippen LogP contribution in [0.15, 0.2) is 62.4 Å². The van der Waals surface area contributed by atoms with Gasteiger partial charge in [-0.25, -0.2) is 0 Å². The minimum Gasteiger partial charge on any atom is -0.493 e. The van der Waals surface area contributed by atoms with Gasteiger partial charge >= 0.3 is 0 Å². The van der Waals surface area contributed by atoms with Crippen LogP contribution in [0.3, 0.4) is 0 Å². The molecule has 4 rings (SSSR count). The molecule has 1 saturated heterocycles. The molecule has 38 heavy (non-hydrogen) atoms. The molecule has 3 aromatic carbocycles. The average molecular weight is 697 g/mol. The Morgan fingerprint density at radius 2 is 1.82 bits per heavy atom. The van der Waals surface area contributed by atoms with Crippen molar-refractivity contribution < 1.29 is 19.1 Å². The number of carbonyl (C=O) groups is 2. The lowest BCUT2D eigenvalue weighted by Gasteiger charge is -2.15. The zero-order valence-electron chi connectivity index (χ0n) is 20.4. The SMILES string of the molecule is COc1cc(/C=C2\SC(=S)N(c3ccc(Br)c(Cl)c3)C2=O)ccc1OCC(=O)Nc1cc(C)c(C)cc1Br. The van der Waals surface area contributed by atoms with E-state index in [-0.39, 0.29) is 18.4 Å². The maximum absolute atomic E-state index is 13.1. The van der Waals surface area contributed by atoms with Crippen molar-refractivity contribution in [2.24, 2.45) is 0 Å². The van der Waals surface area contributed by atoms with Gasteiger partial charge in [0.2, 0.25) is 0 Å². The molecular formula is C27H21Br2ClN2O4S2. The van der Waals surface area contributed by atoms with Crippen molar-refractivity contribution in [2.75, 3.05) is 23.9 Å². The van der Waals surface area contributed by atoms with Crippen LogP contribution in [0.1, 0.15) is 16.7 Å². The summed E-state index contributed by atoms with van der Waals surface area (Å²) in [6.07, 6.45) is 1.73. The van der Waals surface area contributed by atoms with E-state index in [2.05, 4.69) is 37.2 Å². The Balaban J connectivity index is 1.46. The van der Waals surface area contributed by atoms with Gasteiger partial charge in [-0.1, -0.05) is 41.6 Å². The van der Waals surface area contributed by atoms with Crippen molar-refractivity contribution in [1.82, 2.24) is 0 Å². The number of nitrogens with zero attached hydrogens (tertiary/aromatic N) is 1. The van der Waals surface area contributed by atoms with Gasteiger partial charge in [0.15, 0.2) is 22.4 Å². The zero-order valence-corrected chi connectivity index (χ0v) is 26.0. The second-order valence-electron chi connectivity index (χ2n) is 8.28. The molecule has 1 fully saturated rings. The van der Waals surface area contributed by atoms with Gasteiger partial charge in [0.05, 0.1) is 28.4 Å². The highest BCUT2D eigenvalue weighted by atomic mass is 79.9. The van der Waals surface area contributed by atoms with Crippen LogP contribution in [0.4, 0.5) is 11.4 Å². The third-order valence-corrected chi connectivity index (χ3v) is 8.85.